The van der Waals surface area contributed by atoms with Crippen molar-refractivity contribution in [3.05, 3.63) is 21.2 Å². The van der Waals surface area contributed by atoms with E-state index in [1.54, 1.807) is 0 Å². The number of rotatable bonds is 2. The summed E-state index contributed by atoms with van der Waals surface area (Å²) in [6.07, 6.45) is 1.82. The Balaban J connectivity index is 2.17. The third kappa shape index (κ3) is 2.43. The highest BCUT2D eigenvalue weighted by Crippen LogP contribution is 2.19. The van der Waals surface area contributed by atoms with Gasteiger partial charge in [0.15, 0.2) is 9.84 Å². The molecule has 0 radical (unpaired) electrons. The van der Waals surface area contributed by atoms with Crippen molar-refractivity contribution in [2.24, 2.45) is 0 Å². The van der Waals surface area contributed by atoms with Crippen molar-refractivity contribution in [1.29, 1.82) is 0 Å². The van der Waals surface area contributed by atoms with Gasteiger partial charge in [-0.25, -0.2) is 13.4 Å². The Morgan fingerprint density at radius 1 is 1.56 bits per heavy atom. The zero-order valence-corrected chi connectivity index (χ0v) is 10.6. The summed E-state index contributed by atoms with van der Waals surface area (Å²) < 4.78 is 22.8. The van der Waals surface area contributed by atoms with E-state index in [4.69, 9.17) is 0 Å². The van der Waals surface area contributed by atoms with Crippen LogP contribution in [0.15, 0.2) is 15.6 Å². The molecule has 6 nitrogen and oxygen atoms in total. The van der Waals surface area contributed by atoms with Crippen molar-refractivity contribution in [3.8, 4) is 0 Å². The van der Waals surface area contributed by atoms with Gasteiger partial charge < -0.3 is 10.3 Å². The van der Waals surface area contributed by atoms with Crippen molar-refractivity contribution < 1.29 is 8.42 Å². The van der Waals surface area contributed by atoms with Gasteiger partial charge in [0.05, 0.1) is 17.8 Å². The molecule has 2 N–H and O–H groups in total. The average Bonchev–Trinajstić information content (AvgIpc) is 2.53. The van der Waals surface area contributed by atoms with Gasteiger partial charge in [-0.2, -0.15) is 0 Å². The molecule has 1 fully saturated rings. The third-order valence-corrected chi connectivity index (χ3v) is 4.87. The maximum atomic E-state index is 11.2. The first kappa shape index (κ1) is 11.6. The van der Waals surface area contributed by atoms with E-state index in [-0.39, 0.29) is 23.1 Å². The van der Waals surface area contributed by atoms with Gasteiger partial charge in [-0.15, -0.1) is 0 Å². The van der Waals surface area contributed by atoms with Crippen molar-refractivity contribution in [2.75, 3.05) is 16.8 Å². The highest BCUT2D eigenvalue weighted by molar-refractivity contribution is 9.10. The first-order valence-electron chi connectivity index (χ1n) is 4.68. The monoisotopic (exact) mass is 307 g/mol. The van der Waals surface area contributed by atoms with E-state index in [0.29, 0.717) is 16.7 Å². The second kappa shape index (κ2) is 4.17. The molecule has 1 unspecified atom stereocenters. The largest absolute Gasteiger partial charge is 0.365 e. The molecule has 0 spiro atoms. The lowest BCUT2D eigenvalue weighted by molar-refractivity contribution is 0.602. The number of H-pyrrole nitrogens is 1. The Bertz CT molecular complexity index is 554. The zero-order chi connectivity index (χ0) is 11.8. The van der Waals surface area contributed by atoms with Crippen molar-refractivity contribution >= 4 is 31.6 Å². The number of hydrogen-bond donors (Lipinski definition) is 2. The maximum absolute atomic E-state index is 11.2. The van der Waals surface area contributed by atoms with Crippen LogP contribution in [0.5, 0.6) is 0 Å². The van der Waals surface area contributed by atoms with Gasteiger partial charge in [-0.3, -0.25) is 4.79 Å². The molecular formula is C8H10BrN3O3S. The summed E-state index contributed by atoms with van der Waals surface area (Å²) in [5.41, 5.74) is -0.293. The van der Waals surface area contributed by atoms with Gasteiger partial charge in [-0.05, 0) is 22.4 Å². The lowest BCUT2D eigenvalue weighted by atomic mass is 10.2. The van der Waals surface area contributed by atoms with Crippen LogP contribution in [0.1, 0.15) is 6.42 Å². The van der Waals surface area contributed by atoms with E-state index in [1.807, 2.05) is 0 Å². The van der Waals surface area contributed by atoms with Crippen molar-refractivity contribution in [3.63, 3.8) is 0 Å². The minimum Gasteiger partial charge on any atom is -0.365 e. The maximum Gasteiger partial charge on any atom is 0.267 e. The SMILES string of the molecule is O=c1[nH]cnc(NC2CCS(=O)(=O)C2)c1Br. The molecule has 1 saturated heterocycles. The lowest BCUT2D eigenvalue weighted by Gasteiger charge is -2.11. The molecule has 0 aliphatic carbocycles. The van der Waals surface area contributed by atoms with E-state index >= 15 is 0 Å². The standard InChI is InChI=1S/C8H10BrN3O3S/c9-6-7(10-4-11-8(6)13)12-5-1-2-16(14,15)3-5/h4-5H,1-3H2,(H2,10,11,12,13). The van der Waals surface area contributed by atoms with Crippen LogP contribution in [0.3, 0.4) is 0 Å². The molecule has 2 heterocycles. The molecule has 0 saturated carbocycles. The highest BCUT2D eigenvalue weighted by Gasteiger charge is 2.28. The summed E-state index contributed by atoms with van der Waals surface area (Å²) in [5, 5.41) is 2.95. The van der Waals surface area contributed by atoms with Crippen LogP contribution in [-0.4, -0.2) is 35.9 Å². The molecule has 1 aromatic heterocycles. The fourth-order valence-electron chi connectivity index (χ4n) is 1.59. The third-order valence-electron chi connectivity index (χ3n) is 2.37. The lowest BCUT2D eigenvalue weighted by Crippen LogP contribution is -2.23. The van der Waals surface area contributed by atoms with Gasteiger partial charge in [0.1, 0.15) is 10.3 Å². The van der Waals surface area contributed by atoms with Crippen molar-refractivity contribution in [2.45, 2.75) is 12.5 Å². The number of nitrogens with one attached hydrogen (secondary N) is 2. The number of aromatic nitrogens is 2. The van der Waals surface area contributed by atoms with Crippen LogP contribution < -0.4 is 10.9 Å². The van der Waals surface area contributed by atoms with Crippen LogP contribution in [-0.2, 0) is 9.84 Å². The van der Waals surface area contributed by atoms with Gasteiger partial charge in [0.25, 0.3) is 5.56 Å². The molecular weight excluding hydrogens is 298 g/mol. The number of hydrogen-bond acceptors (Lipinski definition) is 5. The molecule has 0 aromatic carbocycles. The highest BCUT2D eigenvalue weighted by atomic mass is 79.9. The van der Waals surface area contributed by atoms with Gasteiger partial charge >= 0.3 is 0 Å². The molecule has 1 aliphatic heterocycles. The molecule has 0 bridgehead atoms. The van der Waals surface area contributed by atoms with Crippen molar-refractivity contribution in [1.82, 2.24) is 9.97 Å². The van der Waals surface area contributed by atoms with Crippen LogP contribution in [0.4, 0.5) is 5.82 Å². The smallest absolute Gasteiger partial charge is 0.267 e. The van der Waals surface area contributed by atoms with Crippen LogP contribution >= 0.6 is 15.9 Å². The Hall–Kier alpha value is -0.890. The van der Waals surface area contributed by atoms with E-state index in [1.165, 1.54) is 6.33 Å². The molecule has 88 valence electrons. The quantitative estimate of drug-likeness (QED) is 0.810. The minimum atomic E-state index is -2.93. The molecule has 8 heteroatoms. The van der Waals surface area contributed by atoms with Gasteiger partial charge in [-0.1, -0.05) is 0 Å². The molecule has 1 aromatic rings. The predicted octanol–water partition coefficient (Wildman–Crippen LogP) is 0.131. The van der Waals surface area contributed by atoms with E-state index in [0.717, 1.165) is 0 Å². The summed E-state index contributed by atoms with van der Waals surface area (Å²) >= 11 is 3.10. The molecule has 16 heavy (non-hydrogen) atoms. The fourth-order valence-corrected chi connectivity index (χ4v) is 3.59. The van der Waals surface area contributed by atoms with E-state index in [9.17, 15) is 13.2 Å². The number of sulfone groups is 1. The van der Waals surface area contributed by atoms with Gasteiger partial charge in [0, 0.05) is 6.04 Å². The summed E-state index contributed by atoms with van der Waals surface area (Å²) in [6.45, 7) is 0. The van der Waals surface area contributed by atoms with Crippen LogP contribution in [0.2, 0.25) is 0 Å². The number of nitrogens with zero attached hydrogens (tertiary/aromatic N) is 1. The van der Waals surface area contributed by atoms with Crippen LogP contribution in [0.25, 0.3) is 0 Å². The number of anilines is 1. The summed E-state index contributed by atoms with van der Waals surface area (Å²) in [4.78, 5) is 17.6. The predicted molar refractivity (Wildman–Crippen MR) is 63.2 cm³/mol. The average molecular weight is 308 g/mol. The second-order valence-corrected chi connectivity index (χ2v) is 6.66. The van der Waals surface area contributed by atoms with Gasteiger partial charge in [0.2, 0.25) is 0 Å². The van der Waals surface area contributed by atoms with Crippen LogP contribution in [0, 0.1) is 0 Å². The minimum absolute atomic E-state index is 0.0912. The fraction of sp³-hybridized carbons (Fsp3) is 0.500. The van der Waals surface area contributed by atoms with E-state index < -0.39 is 9.84 Å². The summed E-state index contributed by atoms with van der Waals surface area (Å²) in [6, 6.07) is -0.171. The Labute approximate surface area is 101 Å². The Morgan fingerprint density at radius 2 is 2.31 bits per heavy atom. The number of halogens is 1. The van der Waals surface area contributed by atoms with E-state index in [2.05, 4.69) is 31.2 Å². The zero-order valence-electron chi connectivity index (χ0n) is 8.23. The molecule has 1 atom stereocenters. The Morgan fingerprint density at radius 3 is 2.94 bits per heavy atom. The normalized spacial score (nSPS) is 23.2. The first-order valence-corrected chi connectivity index (χ1v) is 7.29. The summed E-state index contributed by atoms with van der Waals surface area (Å²) in [5.74, 6) is 0.658. The first-order chi connectivity index (χ1) is 7.48. The Kier molecular flexibility index (Phi) is 3.02. The topological polar surface area (TPSA) is 91.9 Å². The summed E-state index contributed by atoms with van der Waals surface area (Å²) in [7, 11) is -2.93. The number of aromatic amines is 1. The molecule has 2 rings (SSSR count). The second-order valence-electron chi connectivity index (χ2n) is 3.64. The molecule has 1 aliphatic rings. The molecule has 0 amide bonds.